The second-order valence-corrected chi connectivity index (χ2v) is 4.26. The zero-order valence-electron chi connectivity index (χ0n) is 10.3. The van der Waals surface area contributed by atoms with Gasteiger partial charge in [0.2, 0.25) is 0 Å². The third-order valence-corrected chi connectivity index (χ3v) is 2.80. The molecule has 2 nitrogen and oxygen atoms in total. The van der Waals surface area contributed by atoms with Crippen LogP contribution in [0.25, 0.3) is 0 Å². The molecule has 2 atom stereocenters. The van der Waals surface area contributed by atoms with E-state index in [9.17, 15) is 4.39 Å². The Morgan fingerprint density at radius 2 is 1.75 bits per heavy atom. The molecule has 1 rings (SSSR count). The topological polar surface area (TPSA) is 21.3 Å². The van der Waals surface area contributed by atoms with Gasteiger partial charge in [0.15, 0.2) is 0 Å². The first-order valence-corrected chi connectivity index (χ1v) is 5.55. The zero-order valence-corrected chi connectivity index (χ0v) is 10.3. The summed E-state index contributed by atoms with van der Waals surface area (Å²) in [5.41, 5.74) is 1.05. The first-order valence-electron chi connectivity index (χ1n) is 5.55. The van der Waals surface area contributed by atoms with Crippen molar-refractivity contribution in [2.75, 3.05) is 14.2 Å². The molecule has 0 saturated carbocycles. The Balaban J connectivity index is 2.92. The highest BCUT2D eigenvalue weighted by Crippen LogP contribution is 2.24. The lowest BCUT2D eigenvalue weighted by Gasteiger charge is -2.29. The van der Waals surface area contributed by atoms with Gasteiger partial charge in [0.1, 0.15) is 5.82 Å². The van der Waals surface area contributed by atoms with Crippen LogP contribution in [0.15, 0.2) is 24.3 Å². The molecule has 2 unspecified atom stereocenters. The average Bonchev–Trinajstić information content (AvgIpc) is 2.26. The third-order valence-electron chi connectivity index (χ3n) is 2.80. The summed E-state index contributed by atoms with van der Waals surface area (Å²) in [6.07, 6.45) is 0.0791. The second kappa shape index (κ2) is 5.97. The first-order chi connectivity index (χ1) is 7.60. The van der Waals surface area contributed by atoms with E-state index in [-0.39, 0.29) is 18.0 Å². The largest absolute Gasteiger partial charge is 0.379 e. The molecule has 0 heterocycles. The van der Waals surface area contributed by atoms with Crippen molar-refractivity contribution < 1.29 is 9.13 Å². The van der Waals surface area contributed by atoms with Gasteiger partial charge in [-0.15, -0.1) is 0 Å². The molecular formula is C13H20FNO. The number of rotatable bonds is 5. The van der Waals surface area contributed by atoms with Gasteiger partial charge < -0.3 is 10.1 Å². The monoisotopic (exact) mass is 225 g/mol. The van der Waals surface area contributed by atoms with E-state index in [4.69, 9.17) is 4.74 Å². The molecule has 90 valence electrons. The molecule has 0 fully saturated rings. The fourth-order valence-corrected chi connectivity index (χ4v) is 1.98. The van der Waals surface area contributed by atoms with Gasteiger partial charge in [-0.2, -0.15) is 0 Å². The number of hydrogen-bond acceptors (Lipinski definition) is 2. The molecule has 16 heavy (non-hydrogen) atoms. The molecule has 0 saturated heterocycles. The maximum Gasteiger partial charge on any atom is 0.123 e. The smallest absolute Gasteiger partial charge is 0.123 e. The van der Waals surface area contributed by atoms with Crippen molar-refractivity contribution in [1.29, 1.82) is 0 Å². The molecule has 0 aliphatic heterocycles. The van der Waals surface area contributed by atoms with E-state index in [2.05, 4.69) is 19.2 Å². The lowest BCUT2D eigenvalue weighted by Crippen LogP contribution is -2.34. The minimum atomic E-state index is -0.211. The standard InChI is InChI=1S/C13H20FNO/c1-9(2)13(16-4)12(15-3)10-5-7-11(14)8-6-10/h5-9,12-13,15H,1-4H3. The highest BCUT2D eigenvalue weighted by Gasteiger charge is 2.24. The summed E-state index contributed by atoms with van der Waals surface area (Å²) in [6.45, 7) is 4.23. The molecule has 0 bridgehead atoms. The van der Waals surface area contributed by atoms with Crippen LogP contribution >= 0.6 is 0 Å². The Bertz CT molecular complexity index is 310. The third kappa shape index (κ3) is 3.03. The molecule has 1 aromatic carbocycles. The van der Waals surface area contributed by atoms with Crippen LogP contribution in [0.4, 0.5) is 4.39 Å². The van der Waals surface area contributed by atoms with E-state index in [1.54, 1.807) is 19.2 Å². The molecule has 1 aromatic rings. The van der Waals surface area contributed by atoms with Crippen LogP contribution in [0.5, 0.6) is 0 Å². The molecule has 0 amide bonds. The molecule has 0 aromatic heterocycles. The minimum absolute atomic E-state index is 0.0791. The van der Waals surface area contributed by atoms with Crippen molar-refractivity contribution in [2.45, 2.75) is 26.0 Å². The molecule has 0 spiro atoms. The molecule has 0 radical (unpaired) electrons. The molecule has 0 aliphatic carbocycles. The van der Waals surface area contributed by atoms with Gasteiger partial charge >= 0.3 is 0 Å². The predicted octanol–water partition coefficient (Wildman–Crippen LogP) is 2.76. The van der Waals surface area contributed by atoms with Crippen LogP contribution in [0, 0.1) is 11.7 Å². The zero-order chi connectivity index (χ0) is 12.1. The Morgan fingerprint density at radius 1 is 1.19 bits per heavy atom. The number of benzene rings is 1. The Morgan fingerprint density at radius 3 is 2.12 bits per heavy atom. The summed E-state index contributed by atoms with van der Waals surface area (Å²) in [5, 5.41) is 3.22. The van der Waals surface area contributed by atoms with Gasteiger partial charge in [0.25, 0.3) is 0 Å². The number of methoxy groups -OCH3 is 1. The maximum absolute atomic E-state index is 12.8. The van der Waals surface area contributed by atoms with Gasteiger partial charge in [0, 0.05) is 7.11 Å². The highest BCUT2D eigenvalue weighted by molar-refractivity contribution is 5.21. The number of halogens is 1. The predicted molar refractivity (Wildman–Crippen MR) is 63.8 cm³/mol. The van der Waals surface area contributed by atoms with Crippen molar-refractivity contribution in [2.24, 2.45) is 5.92 Å². The Labute approximate surface area is 96.8 Å². The molecular weight excluding hydrogens is 205 g/mol. The summed E-state index contributed by atoms with van der Waals surface area (Å²) >= 11 is 0. The van der Waals surface area contributed by atoms with Crippen LogP contribution in [0.2, 0.25) is 0 Å². The maximum atomic E-state index is 12.8. The number of nitrogens with one attached hydrogen (secondary N) is 1. The van der Waals surface area contributed by atoms with E-state index in [0.29, 0.717) is 5.92 Å². The molecule has 3 heteroatoms. The van der Waals surface area contributed by atoms with Gasteiger partial charge in [-0.1, -0.05) is 26.0 Å². The van der Waals surface area contributed by atoms with Gasteiger partial charge in [-0.3, -0.25) is 0 Å². The fraction of sp³-hybridized carbons (Fsp3) is 0.538. The summed E-state index contributed by atoms with van der Waals surface area (Å²) < 4.78 is 18.3. The average molecular weight is 225 g/mol. The van der Waals surface area contributed by atoms with Crippen LogP contribution < -0.4 is 5.32 Å². The first kappa shape index (κ1) is 13.1. The normalized spacial score (nSPS) is 15.1. The van der Waals surface area contributed by atoms with Crippen LogP contribution in [0.1, 0.15) is 25.5 Å². The summed E-state index contributed by atoms with van der Waals surface area (Å²) in [7, 11) is 3.60. The minimum Gasteiger partial charge on any atom is -0.379 e. The van der Waals surface area contributed by atoms with E-state index < -0.39 is 0 Å². The Kier molecular flexibility index (Phi) is 4.90. The van der Waals surface area contributed by atoms with Gasteiger partial charge in [0.05, 0.1) is 12.1 Å². The van der Waals surface area contributed by atoms with E-state index in [0.717, 1.165) is 5.56 Å². The van der Waals surface area contributed by atoms with Crippen molar-refractivity contribution in [3.8, 4) is 0 Å². The van der Waals surface area contributed by atoms with E-state index >= 15 is 0 Å². The van der Waals surface area contributed by atoms with Gasteiger partial charge in [-0.05, 0) is 30.7 Å². The Hall–Kier alpha value is -0.930. The van der Waals surface area contributed by atoms with Crippen molar-refractivity contribution in [3.05, 3.63) is 35.6 Å². The quantitative estimate of drug-likeness (QED) is 0.832. The highest BCUT2D eigenvalue weighted by atomic mass is 19.1. The van der Waals surface area contributed by atoms with E-state index in [1.807, 2.05) is 7.05 Å². The molecule has 1 N–H and O–H groups in total. The number of ether oxygens (including phenoxy) is 1. The van der Waals surface area contributed by atoms with Crippen molar-refractivity contribution in [1.82, 2.24) is 5.32 Å². The van der Waals surface area contributed by atoms with Crippen molar-refractivity contribution in [3.63, 3.8) is 0 Å². The lowest BCUT2D eigenvalue weighted by molar-refractivity contribution is 0.0348. The summed E-state index contributed by atoms with van der Waals surface area (Å²) in [5.74, 6) is 0.185. The van der Waals surface area contributed by atoms with E-state index in [1.165, 1.54) is 12.1 Å². The second-order valence-electron chi connectivity index (χ2n) is 4.26. The van der Waals surface area contributed by atoms with Crippen LogP contribution in [0.3, 0.4) is 0 Å². The molecule has 0 aliphatic rings. The lowest BCUT2D eigenvalue weighted by atomic mass is 9.93. The van der Waals surface area contributed by atoms with Crippen LogP contribution in [-0.2, 0) is 4.74 Å². The fourth-order valence-electron chi connectivity index (χ4n) is 1.98. The van der Waals surface area contributed by atoms with Gasteiger partial charge in [-0.25, -0.2) is 4.39 Å². The number of hydrogen-bond donors (Lipinski definition) is 1. The van der Waals surface area contributed by atoms with Crippen LogP contribution in [-0.4, -0.2) is 20.3 Å². The number of likely N-dealkylation sites (N-methyl/N-ethyl adjacent to an activating group) is 1. The summed E-state index contributed by atoms with van der Waals surface area (Å²) in [4.78, 5) is 0. The van der Waals surface area contributed by atoms with Crippen molar-refractivity contribution >= 4 is 0 Å². The summed E-state index contributed by atoms with van der Waals surface area (Å²) in [6, 6.07) is 6.64. The SMILES string of the molecule is CNC(c1ccc(F)cc1)C(OC)C(C)C.